The second-order valence-electron chi connectivity index (χ2n) is 3.16. The molecule has 0 aliphatic carbocycles. The third-order valence-corrected chi connectivity index (χ3v) is 3.13. The van der Waals surface area contributed by atoms with Crippen LogP contribution in [0.25, 0.3) is 10.9 Å². The van der Waals surface area contributed by atoms with E-state index in [4.69, 9.17) is 0 Å². The molecule has 0 radical (unpaired) electrons. The van der Waals surface area contributed by atoms with Gasteiger partial charge in [-0.2, -0.15) is 0 Å². The fourth-order valence-corrected chi connectivity index (χ4v) is 2.79. The van der Waals surface area contributed by atoms with Crippen LogP contribution in [0.3, 0.4) is 0 Å². The zero-order chi connectivity index (χ0) is 11.9. The fraction of sp³-hybridized carbons (Fsp3) is 0. The predicted molar refractivity (Wildman–Crippen MR) is 67.9 cm³/mol. The van der Waals surface area contributed by atoms with Gasteiger partial charge in [0.15, 0.2) is 11.2 Å². The van der Waals surface area contributed by atoms with Crippen molar-refractivity contribution in [3.05, 3.63) is 47.7 Å². The first kappa shape index (κ1) is 11.3. The van der Waals surface area contributed by atoms with Crippen LogP contribution in [0.5, 0.6) is 5.75 Å². The Morgan fingerprint density at radius 2 is 1.81 bits per heavy atom. The van der Waals surface area contributed by atoms with Crippen LogP contribution >= 0.6 is 31.9 Å². The highest BCUT2D eigenvalue weighted by Crippen LogP contribution is 2.24. The number of nitrogens with one attached hydrogen (secondary N) is 1. The summed E-state index contributed by atoms with van der Waals surface area (Å²) >= 11 is 6.48. The average molecular weight is 347 g/mol. The molecule has 1 aromatic heterocycles. The summed E-state index contributed by atoms with van der Waals surface area (Å²) in [6.45, 7) is 0. The van der Waals surface area contributed by atoms with E-state index in [1.807, 2.05) is 0 Å². The van der Waals surface area contributed by atoms with E-state index in [2.05, 4.69) is 36.8 Å². The molecule has 6 heteroatoms. The highest BCUT2D eigenvalue weighted by Gasteiger charge is 2.06. The van der Waals surface area contributed by atoms with Crippen LogP contribution in [0.4, 0.5) is 0 Å². The Hall–Kier alpha value is -1.14. The van der Waals surface area contributed by atoms with E-state index in [0.29, 0.717) is 19.8 Å². The van der Waals surface area contributed by atoms with Gasteiger partial charge in [0.2, 0.25) is 0 Å². The molecule has 4 nitrogen and oxygen atoms in total. The lowest BCUT2D eigenvalue weighted by atomic mass is 10.2. The molecule has 0 saturated carbocycles. The molecule has 0 aliphatic heterocycles. The number of benzene rings is 1. The molecule has 1 heterocycles. The molecule has 0 spiro atoms. The van der Waals surface area contributed by atoms with Gasteiger partial charge in [-0.05, 0) is 28.1 Å². The average Bonchev–Trinajstić information content (AvgIpc) is 2.24. The summed E-state index contributed by atoms with van der Waals surface area (Å²) in [5.41, 5.74) is -0.765. The van der Waals surface area contributed by atoms with Gasteiger partial charge in [-0.25, -0.2) is 0 Å². The van der Waals surface area contributed by atoms with Crippen molar-refractivity contribution in [2.75, 3.05) is 0 Å². The molecule has 0 amide bonds. The van der Waals surface area contributed by atoms with Crippen molar-refractivity contribution in [1.29, 1.82) is 0 Å². The lowest BCUT2D eigenvalue weighted by Crippen LogP contribution is -2.00. The summed E-state index contributed by atoms with van der Waals surface area (Å²) < 4.78 is 1.26. The number of rotatable bonds is 0. The van der Waals surface area contributed by atoms with Crippen molar-refractivity contribution >= 4 is 42.8 Å². The van der Waals surface area contributed by atoms with Crippen LogP contribution in [0.2, 0.25) is 0 Å². The van der Waals surface area contributed by atoms with Crippen LogP contribution in [0.15, 0.2) is 36.7 Å². The van der Waals surface area contributed by atoms with E-state index in [1.165, 1.54) is 0 Å². The first-order valence-electron chi connectivity index (χ1n) is 4.24. The van der Waals surface area contributed by atoms with Crippen LogP contribution < -0.4 is 11.0 Å². The molecular formula is C10H5Br2NO3. The number of halogens is 2. The second kappa shape index (κ2) is 4.03. The summed E-state index contributed by atoms with van der Waals surface area (Å²) in [6.07, 6.45) is 0. The quantitative estimate of drug-likeness (QED) is 0.767. The molecule has 82 valence electrons. The van der Waals surface area contributed by atoms with Crippen LogP contribution in [0, 0.1) is 0 Å². The van der Waals surface area contributed by atoms with E-state index in [9.17, 15) is 14.7 Å². The van der Waals surface area contributed by atoms with Crippen molar-refractivity contribution in [3.63, 3.8) is 0 Å². The smallest absolute Gasteiger partial charge is 0.290 e. The number of aromatic nitrogens is 1. The van der Waals surface area contributed by atoms with Crippen LogP contribution in [0.1, 0.15) is 0 Å². The van der Waals surface area contributed by atoms with Crippen molar-refractivity contribution in [2.45, 2.75) is 0 Å². The van der Waals surface area contributed by atoms with E-state index >= 15 is 0 Å². The lowest BCUT2D eigenvalue weighted by molar-refractivity contribution is 0.468. The van der Waals surface area contributed by atoms with E-state index in [-0.39, 0.29) is 0 Å². The maximum absolute atomic E-state index is 11.7. The first-order valence-corrected chi connectivity index (χ1v) is 5.83. The van der Waals surface area contributed by atoms with Crippen LogP contribution in [-0.2, 0) is 0 Å². The number of hydrogen-bond acceptors (Lipinski definition) is 3. The molecular weight excluding hydrogens is 342 g/mol. The van der Waals surface area contributed by atoms with Gasteiger partial charge in [0.25, 0.3) is 5.56 Å². The number of fused-ring (bicyclic) bond motifs is 1. The SMILES string of the molecule is O=c1[nH]c2cc(Br)cc(Br)c2c(=O)cc1O. The molecule has 0 bridgehead atoms. The molecule has 0 saturated heterocycles. The Labute approximate surface area is 106 Å². The van der Waals surface area contributed by atoms with Crippen molar-refractivity contribution in [3.8, 4) is 5.75 Å². The molecule has 16 heavy (non-hydrogen) atoms. The van der Waals surface area contributed by atoms with Crippen molar-refractivity contribution < 1.29 is 5.11 Å². The minimum Gasteiger partial charge on any atom is -0.503 e. The number of hydrogen-bond donors (Lipinski definition) is 2. The van der Waals surface area contributed by atoms with Gasteiger partial charge < -0.3 is 10.1 Å². The summed E-state index contributed by atoms with van der Waals surface area (Å²) in [6, 6.07) is 4.20. The zero-order valence-corrected chi connectivity index (χ0v) is 10.9. The molecule has 0 atom stereocenters. The number of aromatic hydroxyl groups is 1. The minimum absolute atomic E-state index is 0.320. The Morgan fingerprint density at radius 3 is 2.50 bits per heavy atom. The van der Waals surface area contributed by atoms with Crippen LogP contribution in [-0.4, -0.2) is 10.1 Å². The van der Waals surface area contributed by atoms with E-state index in [0.717, 1.165) is 6.07 Å². The Morgan fingerprint density at radius 1 is 1.12 bits per heavy atom. The van der Waals surface area contributed by atoms with Crippen molar-refractivity contribution in [2.24, 2.45) is 0 Å². The van der Waals surface area contributed by atoms with Gasteiger partial charge in [0.05, 0.1) is 10.9 Å². The maximum Gasteiger partial charge on any atom is 0.290 e. The predicted octanol–water partition coefficient (Wildman–Crippen LogP) is 2.12. The van der Waals surface area contributed by atoms with Crippen molar-refractivity contribution in [1.82, 2.24) is 4.98 Å². The third kappa shape index (κ3) is 1.90. The maximum atomic E-state index is 11.7. The zero-order valence-electron chi connectivity index (χ0n) is 7.75. The van der Waals surface area contributed by atoms with Gasteiger partial charge >= 0.3 is 0 Å². The fourth-order valence-electron chi connectivity index (χ4n) is 1.37. The molecule has 0 fully saturated rings. The summed E-state index contributed by atoms with van der Waals surface area (Å²) in [4.78, 5) is 25.5. The normalized spacial score (nSPS) is 10.6. The van der Waals surface area contributed by atoms with E-state index < -0.39 is 16.7 Å². The Kier molecular flexibility index (Phi) is 2.86. The number of aromatic amines is 1. The highest BCUT2D eigenvalue weighted by atomic mass is 79.9. The highest BCUT2D eigenvalue weighted by molar-refractivity contribution is 9.11. The van der Waals surface area contributed by atoms with Gasteiger partial charge in [0.1, 0.15) is 0 Å². The molecule has 1 aromatic carbocycles. The van der Waals surface area contributed by atoms with Gasteiger partial charge in [-0.15, -0.1) is 0 Å². The second-order valence-corrected chi connectivity index (χ2v) is 4.93. The first-order chi connectivity index (χ1) is 7.49. The molecule has 2 aromatic rings. The Bertz CT molecular complexity index is 694. The summed E-state index contributed by atoms with van der Waals surface area (Å²) in [5.74, 6) is -0.593. The third-order valence-electron chi connectivity index (χ3n) is 2.05. The molecule has 0 unspecified atom stereocenters. The standard InChI is InChI=1S/C10H5Br2NO3/c11-4-1-5(12)9-6(2-4)13-10(16)8(15)3-7(9)14/h1-3,15H,(H,13,16). The monoisotopic (exact) mass is 345 g/mol. The molecule has 0 aliphatic rings. The summed E-state index contributed by atoms with van der Waals surface area (Å²) in [7, 11) is 0. The minimum atomic E-state index is -0.697. The molecule has 2 rings (SSSR count). The van der Waals surface area contributed by atoms with Gasteiger partial charge in [-0.1, -0.05) is 15.9 Å². The topological polar surface area (TPSA) is 70.2 Å². The largest absolute Gasteiger partial charge is 0.503 e. The Balaban J connectivity index is 3.16. The van der Waals surface area contributed by atoms with Gasteiger partial charge in [0, 0.05) is 15.0 Å². The lowest BCUT2D eigenvalue weighted by Gasteiger charge is -1.96. The van der Waals surface area contributed by atoms with E-state index in [1.54, 1.807) is 12.1 Å². The van der Waals surface area contributed by atoms with Gasteiger partial charge in [-0.3, -0.25) is 9.59 Å². The number of H-pyrrole nitrogens is 1. The molecule has 2 N–H and O–H groups in total. The summed E-state index contributed by atoms with van der Waals surface area (Å²) in [5, 5.41) is 9.58.